The van der Waals surface area contributed by atoms with E-state index in [2.05, 4.69) is 0 Å². The molecule has 0 aliphatic heterocycles. The standard InChI is InChI=1S/C13H15FO4/c1-3-17-13(18-4-2)12(16)11(15)9-5-7-10(14)8-6-9/h5-8,13H,3-4H2,1-2H3. The molecule has 0 amide bonds. The Morgan fingerprint density at radius 2 is 1.61 bits per heavy atom. The van der Waals surface area contributed by atoms with Crippen LogP contribution in [0.1, 0.15) is 24.2 Å². The first kappa shape index (κ1) is 14.5. The van der Waals surface area contributed by atoms with E-state index in [1.165, 1.54) is 12.1 Å². The molecule has 18 heavy (non-hydrogen) atoms. The summed E-state index contributed by atoms with van der Waals surface area (Å²) < 4.78 is 22.8. The highest BCUT2D eigenvalue weighted by Crippen LogP contribution is 2.08. The van der Waals surface area contributed by atoms with Crippen LogP contribution in [0.25, 0.3) is 0 Å². The van der Waals surface area contributed by atoms with E-state index in [0.717, 1.165) is 12.1 Å². The monoisotopic (exact) mass is 254 g/mol. The molecule has 0 spiro atoms. The number of ether oxygens (including phenoxy) is 2. The molecule has 1 rings (SSSR count). The van der Waals surface area contributed by atoms with Crippen molar-refractivity contribution in [2.45, 2.75) is 20.1 Å². The first-order valence-electron chi connectivity index (χ1n) is 5.67. The van der Waals surface area contributed by atoms with Gasteiger partial charge < -0.3 is 9.47 Å². The van der Waals surface area contributed by atoms with Crippen LogP contribution in [-0.4, -0.2) is 31.1 Å². The number of ketones is 2. The second-order valence-electron chi connectivity index (χ2n) is 3.44. The van der Waals surface area contributed by atoms with Crippen molar-refractivity contribution in [2.75, 3.05) is 13.2 Å². The predicted octanol–water partition coefficient (Wildman–Crippen LogP) is 1.98. The van der Waals surface area contributed by atoms with Crippen LogP contribution in [0, 0.1) is 5.82 Å². The topological polar surface area (TPSA) is 52.6 Å². The van der Waals surface area contributed by atoms with Crippen LogP contribution >= 0.6 is 0 Å². The Bertz CT molecular complexity index is 408. The summed E-state index contributed by atoms with van der Waals surface area (Å²) in [4.78, 5) is 23.6. The second-order valence-corrected chi connectivity index (χ2v) is 3.44. The Morgan fingerprint density at radius 1 is 1.11 bits per heavy atom. The molecule has 0 fully saturated rings. The average Bonchev–Trinajstić information content (AvgIpc) is 2.38. The molecule has 0 heterocycles. The van der Waals surface area contributed by atoms with Crippen molar-refractivity contribution in [3.8, 4) is 0 Å². The smallest absolute Gasteiger partial charge is 0.259 e. The molecule has 0 radical (unpaired) electrons. The van der Waals surface area contributed by atoms with E-state index in [0.29, 0.717) is 0 Å². The highest BCUT2D eigenvalue weighted by molar-refractivity contribution is 6.44. The van der Waals surface area contributed by atoms with Crippen molar-refractivity contribution >= 4 is 11.6 Å². The molecule has 0 N–H and O–H groups in total. The normalized spacial score (nSPS) is 10.7. The number of carbonyl (C=O) groups is 2. The Hall–Kier alpha value is -1.59. The van der Waals surface area contributed by atoms with Crippen LogP contribution in [-0.2, 0) is 14.3 Å². The lowest BCUT2D eigenvalue weighted by Gasteiger charge is -2.14. The van der Waals surface area contributed by atoms with Gasteiger partial charge in [0.05, 0.1) is 0 Å². The maximum Gasteiger partial charge on any atom is 0.259 e. The maximum atomic E-state index is 12.7. The zero-order valence-corrected chi connectivity index (χ0v) is 10.3. The number of hydrogen-bond acceptors (Lipinski definition) is 4. The van der Waals surface area contributed by atoms with Crippen molar-refractivity contribution in [1.29, 1.82) is 0 Å². The van der Waals surface area contributed by atoms with E-state index in [-0.39, 0.29) is 18.8 Å². The highest BCUT2D eigenvalue weighted by Gasteiger charge is 2.27. The molecule has 0 aromatic heterocycles. The zero-order valence-electron chi connectivity index (χ0n) is 10.3. The lowest BCUT2D eigenvalue weighted by atomic mass is 10.1. The van der Waals surface area contributed by atoms with E-state index in [4.69, 9.17) is 9.47 Å². The lowest BCUT2D eigenvalue weighted by molar-refractivity contribution is -0.162. The van der Waals surface area contributed by atoms with E-state index in [9.17, 15) is 14.0 Å². The molecule has 0 saturated carbocycles. The summed E-state index contributed by atoms with van der Waals surface area (Å²) in [5, 5.41) is 0. The van der Waals surface area contributed by atoms with Crippen molar-refractivity contribution in [1.82, 2.24) is 0 Å². The van der Waals surface area contributed by atoms with Crippen LogP contribution < -0.4 is 0 Å². The van der Waals surface area contributed by atoms with Crippen molar-refractivity contribution in [3.63, 3.8) is 0 Å². The van der Waals surface area contributed by atoms with E-state index in [1.807, 2.05) is 0 Å². The molecule has 5 heteroatoms. The van der Waals surface area contributed by atoms with E-state index in [1.54, 1.807) is 13.8 Å². The average molecular weight is 254 g/mol. The Morgan fingerprint density at radius 3 is 2.06 bits per heavy atom. The molecule has 0 bridgehead atoms. The summed E-state index contributed by atoms with van der Waals surface area (Å²) in [5.74, 6) is -2.00. The molecular formula is C13H15FO4. The molecule has 0 aliphatic rings. The highest BCUT2D eigenvalue weighted by atomic mass is 19.1. The van der Waals surface area contributed by atoms with Gasteiger partial charge in [-0.2, -0.15) is 0 Å². The Balaban J connectivity index is 2.81. The fourth-order valence-electron chi connectivity index (χ4n) is 1.35. The third-order valence-corrected chi connectivity index (χ3v) is 2.18. The van der Waals surface area contributed by atoms with Gasteiger partial charge in [0.15, 0.2) is 0 Å². The van der Waals surface area contributed by atoms with Crippen molar-refractivity contribution in [3.05, 3.63) is 35.6 Å². The molecule has 98 valence electrons. The minimum atomic E-state index is -1.20. The van der Waals surface area contributed by atoms with Gasteiger partial charge in [-0.25, -0.2) is 4.39 Å². The predicted molar refractivity (Wildman–Crippen MR) is 62.8 cm³/mol. The van der Waals surface area contributed by atoms with Gasteiger partial charge in [-0.15, -0.1) is 0 Å². The fraction of sp³-hybridized carbons (Fsp3) is 0.385. The Labute approximate surface area is 105 Å². The first-order chi connectivity index (χ1) is 8.60. The number of Topliss-reactive ketones (excluding diaryl/α,β-unsaturated/α-hetero) is 2. The third kappa shape index (κ3) is 3.72. The molecule has 0 unspecified atom stereocenters. The molecule has 0 saturated heterocycles. The number of hydrogen-bond donors (Lipinski definition) is 0. The van der Waals surface area contributed by atoms with Crippen LogP contribution in [0.5, 0.6) is 0 Å². The lowest BCUT2D eigenvalue weighted by Crippen LogP contribution is -2.33. The van der Waals surface area contributed by atoms with Gasteiger partial charge in [0.25, 0.3) is 5.78 Å². The van der Waals surface area contributed by atoms with Gasteiger partial charge in [-0.1, -0.05) is 0 Å². The van der Waals surface area contributed by atoms with Crippen LogP contribution in [0.2, 0.25) is 0 Å². The van der Waals surface area contributed by atoms with Gasteiger partial charge in [0.1, 0.15) is 5.82 Å². The van der Waals surface area contributed by atoms with Gasteiger partial charge in [0.2, 0.25) is 12.1 Å². The van der Waals surface area contributed by atoms with Gasteiger partial charge in [-0.3, -0.25) is 9.59 Å². The van der Waals surface area contributed by atoms with E-state index >= 15 is 0 Å². The van der Waals surface area contributed by atoms with Crippen LogP contribution in [0.3, 0.4) is 0 Å². The summed E-state index contributed by atoms with van der Waals surface area (Å²) in [6.45, 7) is 3.91. The summed E-state index contributed by atoms with van der Waals surface area (Å²) in [7, 11) is 0. The van der Waals surface area contributed by atoms with Crippen molar-refractivity contribution < 1.29 is 23.5 Å². The molecule has 1 aromatic carbocycles. The minimum absolute atomic E-state index is 0.116. The number of benzene rings is 1. The Kier molecular flexibility index (Phi) is 5.61. The largest absolute Gasteiger partial charge is 0.346 e. The number of carbonyl (C=O) groups excluding carboxylic acids is 2. The summed E-state index contributed by atoms with van der Waals surface area (Å²) in [6.07, 6.45) is -1.20. The van der Waals surface area contributed by atoms with Crippen molar-refractivity contribution in [2.24, 2.45) is 0 Å². The fourth-order valence-corrected chi connectivity index (χ4v) is 1.35. The maximum absolute atomic E-state index is 12.7. The summed E-state index contributed by atoms with van der Waals surface area (Å²) >= 11 is 0. The first-order valence-corrected chi connectivity index (χ1v) is 5.67. The van der Waals surface area contributed by atoms with Crippen LogP contribution in [0.4, 0.5) is 4.39 Å². The number of rotatable bonds is 7. The third-order valence-electron chi connectivity index (χ3n) is 2.18. The van der Waals surface area contributed by atoms with Gasteiger partial charge >= 0.3 is 0 Å². The molecular weight excluding hydrogens is 239 g/mol. The summed E-state index contributed by atoms with van der Waals surface area (Å²) in [6, 6.07) is 4.75. The van der Waals surface area contributed by atoms with E-state index < -0.39 is 23.7 Å². The van der Waals surface area contributed by atoms with Gasteiger partial charge in [0, 0.05) is 18.8 Å². The summed E-state index contributed by atoms with van der Waals surface area (Å²) in [5.41, 5.74) is 0.116. The number of halogens is 1. The quantitative estimate of drug-likeness (QED) is 0.424. The second kappa shape index (κ2) is 6.98. The molecule has 4 nitrogen and oxygen atoms in total. The minimum Gasteiger partial charge on any atom is -0.346 e. The molecule has 0 aliphatic carbocycles. The van der Waals surface area contributed by atoms with Gasteiger partial charge in [-0.05, 0) is 38.1 Å². The SMILES string of the molecule is CCOC(OCC)C(=O)C(=O)c1ccc(F)cc1. The molecule has 0 atom stereocenters. The van der Waals surface area contributed by atoms with Crippen LogP contribution in [0.15, 0.2) is 24.3 Å². The zero-order chi connectivity index (χ0) is 13.5. The molecule has 1 aromatic rings.